The Morgan fingerprint density at radius 1 is 1.10 bits per heavy atom. The lowest BCUT2D eigenvalue weighted by Crippen LogP contribution is -2.35. The highest BCUT2D eigenvalue weighted by Crippen LogP contribution is 2.32. The maximum Gasteiger partial charge on any atom is 0.326 e. The largest absolute Gasteiger partial charge is 0.489 e. The first-order valence-corrected chi connectivity index (χ1v) is 10.4. The molecule has 6 nitrogen and oxygen atoms in total. The average molecular weight is 446 g/mol. The molecule has 0 saturated carbocycles. The average Bonchev–Trinajstić information content (AvgIpc) is 2.95. The summed E-state index contributed by atoms with van der Waals surface area (Å²) in [4.78, 5) is 37.5. The Bertz CT molecular complexity index is 970. The van der Waals surface area contributed by atoms with Gasteiger partial charge in [0.15, 0.2) is 0 Å². The van der Waals surface area contributed by atoms with E-state index in [4.69, 9.17) is 21.1 Å². The fraction of sp³-hybridized carbons (Fsp3) is 0.227. The van der Waals surface area contributed by atoms with Crippen LogP contribution in [0.4, 0.5) is 4.79 Å². The summed E-state index contributed by atoms with van der Waals surface area (Å²) in [5, 5.41) is 0.180. The second kappa shape index (κ2) is 9.82. The molecule has 0 aliphatic carbocycles. The normalized spacial score (nSPS) is 15.2. The molecule has 0 unspecified atom stereocenters. The molecule has 1 saturated heterocycles. The second-order valence-corrected chi connectivity index (χ2v) is 8.22. The first-order chi connectivity index (χ1) is 14.3. The Morgan fingerprint density at radius 3 is 2.40 bits per heavy atom. The number of rotatable bonds is 7. The van der Waals surface area contributed by atoms with Crippen molar-refractivity contribution < 1.29 is 23.9 Å². The molecule has 0 N–H and O–H groups in total. The number of halogens is 1. The third-order valence-corrected chi connectivity index (χ3v) is 5.18. The maximum absolute atomic E-state index is 12.5. The number of hydrogen-bond acceptors (Lipinski definition) is 6. The van der Waals surface area contributed by atoms with Crippen LogP contribution < -0.4 is 4.74 Å². The molecule has 2 amide bonds. The summed E-state index contributed by atoms with van der Waals surface area (Å²) < 4.78 is 10.7. The lowest BCUT2D eigenvalue weighted by molar-refractivity contribution is -0.149. The molecule has 2 aromatic carbocycles. The van der Waals surface area contributed by atoms with Crippen LogP contribution in [0, 0.1) is 0 Å². The third kappa shape index (κ3) is 5.87. The van der Waals surface area contributed by atoms with E-state index in [1.165, 1.54) is 0 Å². The molecule has 1 fully saturated rings. The number of ether oxygens (including phenoxy) is 2. The fourth-order valence-electron chi connectivity index (χ4n) is 2.62. The molecule has 0 atom stereocenters. The van der Waals surface area contributed by atoms with Crippen LogP contribution in [-0.4, -0.2) is 34.7 Å². The molecular weight excluding hydrogens is 426 g/mol. The number of amides is 2. The van der Waals surface area contributed by atoms with Crippen molar-refractivity contribution in [1.29, 1.82) is 0 Å². The highest BCUT2D eigenvalue weighted by atomic mass is 35.5. The molecule has 1 aliphatic rings. The summed E-state index contributed by atoms with van der Waals surface area (Å²) in [6.45, 7) is 3.42. The first-order valence-electron chi connectivity index (χ1n) is 9.24. The smallest absolute Gasteiger partial charge is 0.326 e. The van der Waals surface area contributed by atoms with Gasteiger partial charge >= 0.3 is 5.97 Å². The van der Waals surface area contributed by atoms with Gasteiger partial charge in [-0.1, -0.05) is 35.9 Å². The Kier molecular flexibility index (Phi) is 7.18. The molecule has 0 aromatic heterocycles. The van der Waals surface area contributed by atoms with Gasteiger partial charge < -0.3 is 9.47 Å². The number of carbonyl (C=O) groups is 3. The number of imide groups is 1. The number of benzene rings is 2. The van der Waals surface area contributed by atoms with Crippen molar-refractivity contribution in [3.63, 3.8) is 0 Å². The summed E-state index contributed by atoms with van der Waals surface area (Å²) in [7, 11) is 0. The van der Waals surface area contributed by atoms with Crippen LogP contribution in [0.25, 0.3) is 6.08 Å². The van der Waals surface area contributed by atoms with Crippen molar-refractivity contribution in [2.75, 3.05) is 6.54 Å². The number of hydrogen-bond donors (Lipinski definition) is 0. The van der Waals surface area contributed by atoms with E-state index in [9.17, 15) is 14.4 Å². The Balaban J connectivity index is 1.61. The van der Waals surface area contributed by atoms with Gasteiger partial charge in [0.05, 0.1) is 11.0 Å². The summed E-state index contributed by atoms with van der Waals surface area (Å²) in [6.07, 6.45) is 1.30. The molecule has 1 heterocycles. The molecular formula is C22H20ClNO5S. The lowest BCUT2D eigenvalue weighted by atomic mass is 10.2. The van der Waals surface area contributed by atoms with Gasteiger partial charge in [0.2, 0.25) is 0 Å². The molecule has 8 heteroatoms. The van der Waals surface area contributed by atoms with E-state index in [2.05, 4.69) is 0 Å². The van der Waals surface area contributed by atoms with Crippen molar-refractivity contribution >= 4 is 46.6 Å². The molecule has 1 aliphatic heterocycles. The van der Waals surface area contributed by atoms with Crippen LogP contribution in [0.5, 0.6) is 5.75 Å². The second-order valence-electron chi connectivity index (χ2n) is 6.79. The molecule has 3 rings (SSSR count). The van der Waals surface area contributed by atoms with Crippen LogP contribution in [0.15, 0.2) is 53.4 Å². The quantitative estimate of drug-likeness (QED) is 0.445. The van der Waals surface area contributed by atoms with E-state index in [0.717, 1.165) is 27.8 Å². The number of nitrogens with zero attached hydrogens (tertiary/aromatic N) is 1. The van der Waals surface area contributed by atoms with Crippen LogP contribution in [0.1, 0.15) is 25.0 Å². The molecule has 0 radical (unpaired) electrons. The van der Waals surface area contributed by atoms with Crippen molar-refractivity contribution in [3.8, 4) is 5.75 Å². The minimum Gasteiger partial charge on any atom is -0.489 e. The topological polar surface area (TPSA) is 72.9 Å². The maximum atomic E-state index is 12.5. The molecule has 0 spiro atoms. The summed E-state index contributed by atoms with van der Waals surface area (Å²) in [6, 6.07) is 14.5. The standard InChI is InChI=1S/C22H20ClNO5S/c1-14(2)29-20(25)12-24-21(26)19(30-22(24)27)11-15-5-9-18(10-6-15)28-13-16-3-7-17(23)8-4-16/h3-11,14H,12-13H2,1-2H3/b19-11+. The zero-order valence-corrected chi connectivity index (χ0v) is 18.0. The number of thioether (sulfide) groups is 1. The first kappa shape index (κ1) is 21.9. The monoisotopic (exact) mass is 445 g/mol. The predicted molar refractivity (Wildman–Crippen MR) is 116 cm³/mol. The van der Waals surface area contributed by atoms with Gasteiger partial charge in [-0.3, -0.25) is 19.3 Å². The Labute approximate surface area is 183 Å². The third-order valence-electron chi connectivity index (χ3n) is 4.02. The summed E-state index contributed by atoms with van der Waals surface area (Å²) in [5.41, 5.74) is 1.73. The van der Waals surface area contributed by atoms with Gasteiger partial charge in [-0.25, -0.2) is 0 Å². The van der Waals surface area contributed by atoms with Crippen molar-refractivity contribution in [1.82, 2.24) is 4.90 Å². The van der Waals surface area contributed by atoms with E-state index in [1.54, 1.807) is 56.3 Å². The Hall–Kier alpha value is -2.77. The summed E-state index contributed by atoms with van der Waals surface area (Å²) >= 11 is 6.67. The van der Waals surface area contributed by atoms with Crippen LogP contribution in [-0.2, 0) is 20.9 Å². The molecule has 156 valence electrons. The van der Waals surface area contributed by atoms with Crippen molar-refractivity contribution in [2.45, 2.75) is 26.6 Å². The van der Waals surface area contributed by atoms with E-state index < -0.39 is 23.7 Å². The minimum absolute atomic E-state index is 0.257. The highest BCUT2D eigenvalue weighted by molar-refractivity contribution is 8.18. The van der Waals surface area contributed by atoms with Gasteiger partial charge in [0, 0.05) is 5.02 Å². The Morgan fingerprint density at radius 2 is 1.77 bits per heavy atom. The van der Waals surface area contributed by atoms with Gasteiger partial charge in [-0.2, -0.15) is 0 Å². The van der Waals surface area contributed by atoms with Gasteiger partial charge in [-0.15, -0.1) is 0 Å². The SMILES string of the molecule is CC(C)OC(=O)CN1C(=O)S/C(=C/c2ccc(OCc3ccc(Cl)cc3)cc2)C1=O. The zero-order chi connectivity index (χ0) is 21.7. The zero-order valence-electron chi connectivity index (χ0n) is 16.5. The predicted octanol–water partition coefficient (Wildman–Crippen LogP) is 4.91. The lowest BCUT2D eigenvalue weighted by Gasteiger charge is -2.13. The summed E-state index contributed by atoms with van der Waals surface area (Å²) in [5.74, 6) is -0.448. The van der Waals surface area contributed by atoms with Crippen molar-refractivity contribution in [2.24, 2.45) is 0 Å². The van der Waals surface area contributed by atoms with Gasteiger partial charge in [0.25, 0.3) is 11.1 Å². The van der Waals surface area contributed by atoms with Crippen LogP contribution in [0.3, 0.4) is 0 Å². The fourth-order valence-corrected chi connectivity index (χ4v) is 3.59. The van der Waals surface area contributed by atoms with Crippen molar-refractivity contribution in [3.05, 3.63) is 69.6 Å². The van der Waals surface area contributed by atoms with Crippen LogP contribution in [0.2, 0.25) is 5.02 Å². The van der Waals surface area contributed by atoms with Gasteiger partial charge in [-0.05, 0) is 67.1 Å². The van der Waals surface area contributed by atoms with Crippen LogP contribution >= 0.6 is 23.4 Å². The van der Waals surface area contributed by atoms with E-state index in [1.807, 2.05) is 12.1 Å². The van der Waals surface area contributed by atoms with E-state index in [0.29, 0.717) is 17.4 Å². The number of carbonyl (C=O) groups excluding carboxylic acids is 3. The molecule has 30 heavy (non-hydrogen) atoms. The van der Waals surface area contributed by atoms with Gasteiger partial charge in [0.1, 0.15) is 18.9 Å². The minimum atomic E-state index is -0.615. The van der Waals surface area contributed by atoms with E-state index in [-0.39, 0.29) is 11.0 Å². The van der Waals surface area contributed by atoms with E-state index >= 15 is 0 Å². The molecule has 2 aromatic rings. The highest BCUT2D eigenvalue weighted by Gasteiger charge is 2.36. The molecule has 0 bridgehead atoms. The number of esters is 1.